The minimum absolute atomic E-state index is 0.137. The second-order valence-corrected chi connectivity index (χ2v) is 7.89. The predicted molar refractivity (Wildman–Crippen MR) is 95.1 cm³/mol. The van der Waals surface area contributed by atoms with E-state index in [2.05, 4.69) is 5.09 Å². The first kappa shape index (κ1) is 18.5. The maximum absolute atomic E-state index is 12.2. The number of nitrogens with one attached hydrogen (secondary N) is 1. The standard InChI is InChI=1S/C17H19ClNO4P/c1-14(17(20)22-13-15-9-5-2-3-6-10-15)19-24(18,21)23-16-11-7-4-8-12-16/h2,4-12,14H,3,13H2,1H3,(H,19,21)/t14-,24?/m0/s1. The molecule has 0 heterocycles. The molecule has 128 valence electrons. The molecule has 24 heavy (non-hydrogen) atoms. The number of hydrogen-bond acceptors (Lipinski definition) is 4. The van der Waals surface area contributed by atoms with Crippen LogP contribution in [0.5, 0.6) is 5.75 Å². The number of hydrogen-bond donors (Lipinski definition) is 1. The van der Waals surface area contributed by atoms with Gasteiger partial charge >= 0.3 is 12.8 Å². The van der Waals surface area contributed by atoms with Crippen LogP contribution in [-0.4, -0.2) is 18.6 Å². The summed E-state index contributed by atoms with van der Waals surface area (Å²) in [6.45, 7) is -2.05. The molecule has 1 aromatic rings. The van der Waals surface area contributed by atoms with E-state index >= 15 is 0 Å². The van der Waals surface area contributed by atoms with E-state index in [4.69, 9.17) is 20.5 Å². The number of para-hydroxylation sites is 1. The van der Waals surface area contributed by atoms with Gasteiger partial charge in [-0.25, -0.2) is 9.65 Å². The van der Waals surface area contributed by atoms with Gasteiger partial charge in [-0.1, -0.05) is 48.6 Å². The van der Waals surface area contributed by atoms with Crippen molar-refractivity contribution in [2.24, 2.45) is 0 Å². The largest absolute Gasteiger partial charge is 0.460 e. The van der Waals surface area contributed by atoms with Crippen LogP contribution in [0.3, 0.4) is 0 Å². The van der Waals surface area contributed by atoms with Crippen LogP contribution in [-0.2, 0) is 14.1 Å². The van der Waals surface area contributed by atoms with E-state index in [0.717, 1.165) is 12.0 Å². The summed E-state index contributed by atoms with van der Waals surface area (Å²) >= 11 is 5.86. The lowest BCUT2D eigenvalue weighted by Crippen LogP contribution is -2.33. The summed E-state index contributed by atoms with van der Waals surface area (Å²) in [6.07, 6.45) is 10.5. The van der Waals surface area contributed by atoms with E-state index in [0.29, 0.717) is 5.75 Å². The average molecular weight is 368 g/mol. The molecule has 7 heteroatoms. The molecular formula is C17H19ClNO4P. The molecule has 5 nitrogen and oxygen atoms in total. The Kier molecular flexibility index (Phi) is 6.85. The van der Waals surface area contributed by atoms with E-state index in [9.17, 15) is 9.36 Å². The SMILES string of the molecule is C[C@H](NP(=O)(Cl)Oc1ccccc1)C(=O)OCC1=CC=CCC=C1. The second-order valence-electron chi connectivity index (χ2n) is 5.15. The predicted octanol–water partition coefficient (Wildman–Crippen LogP) is 4.38. The van der Waals surface area contributed by atoms with Crippen molar-refractivity contribution in [3.8, 4) is 5.75 Å². The topological polar surface area (TPSA) is 64.6 Å². The number of halogens is 1. The van der Waals surface area contributed by atoms with Gasteiger partial charge in [0, 0.05) is 11.2 Å². The molecule has 2 rings (SSSR count). The first-order valence-electron chi connectivity index (χ1n) is 7.47. The van der Waals surface area contributed by atoms with Crippen molar-refractivity contribution in [1.29, 1.82) is 0 Å². The number of carbonyl (C=O) groups excluding carboxylic acids is 1. The van der Waals surface area contributed by atoms with Crippen LogP contribution >= 0.6 is 18.1 Å². The highest BCUT2D eigenvalue weighted by molar-refractivity contribution is 7.84. The molecule has 1 aliphatic carbocycles. The van der Waals surface area contributed by atoms with Crippen LogP contribution in [0.4, 0.5) is 0 Å². The third-order valence-corrected chi connectivity index (χ3v) is 4.74. The van der Waals surface area contributed by atoms with Crippen molar-refractivity contribution >= 4 is 24.1 Å². The quantitative estimate of drug-likeness (QED) is 0.572. The molecule has 1 unspecified atom stereocenters. The molecule has 0 aliphatic heterocycles. The molecule has 0 radical (unpaired) electrons. The molecule has 1 N–H and O–H groups in total. The van der Waals surface area contributed by atoms with Crippen LogP contribution in [0.15, 0.2) is 66.3 Å². The number of ether oxygens (including phenoxy) is 1. The fraction of sp³-hybridized carbons (Fsp3) is 0.235. The summed E-state index contributed by atoms with van der Waals surface area (Å²) in [5, 5.41) is 2.48. The van der Waals surface area contributed by atoms with Gasteiger partial charge in [-0.2, -0.15) is 0 Å². The number of rotatable bonds is 7. The maximum atomic E-state index is 12.2. The van der Waals surface area contributed by atoms with Gasteiger partial charge in [-0.3, -0.25) is 4.79 Å². The second kappa shape index (κ2) is 8.88. The Bertz CT molecular complexity index is 700. The van der Waals surface area contributed by atoms with Crippen molar-refractivity contribution in [1.82, 2.24) is 5.09 Å². The Hall–Kier alpha value is -1.81. The number of esters is 1. The third kappa shape index (κ3) is 6.36. The van der Waals surface area contributed by atoms with Gasteiger partial charge in [0.15, 0.2) is 0 Å². The van der Waals surface area contributed by atoms with Crippen LogP contribution in [0.2, 0.25) is 0 Å². The van der Waals surface area contributed by atoms with Crippen molar-refractivity contribution in [2.75, 3.05) is 6.61 Å². The van der Waals surface area contributed by atoms with E-state index in [1.807, 2.05) is 30.4 Å². The molecule has 0 spiro atoms. The van der Waals surface area contributed by atoms with Gasteiger partial charge in [0.25, 0.3) is 0 Å². The monoisotopic (exact) mass is 367 g/mol. The zero-order valence-electron chi connectivity index (χ0n) is 13.2. The number of carbonyl (C=O) groups is 1. The van der Waals surface area contributed by atoms with Gasteiger partial charge in [0.2, 0.25) is 0 Å². The highest BCUT2D eigenvalue weighted by Gasteiger charge is 2.28. The third-order valence-electron chi connectivity index (χ3n) is 3.10. The molecule has 1 aromatic carbocycles. The molecule has 2 atom stereocenters. The first-order valence-corrected chi connectivity index (χ1v) is 10.0. The van der Waals surface area contributed by atoms with E-state index in [-0.39, 0.29) is 6.61 Å². The average Bonchev–Trinajstić information content (AvgIpc) is 2.81. The van der Waals surface area contributed by atoms with E-state index in [1.165, 1.54) is 6.92 Å². The van der Waals surface area contributed by atoms with Gasteiger partial charge in [0.05, 0.1) is 0 Å². The molecule has 0 saturated heterocycles. The number of benzene rings is 1. The lowest BCUT2D eigenvalue weighted by atomic mass is 10.2. The molecule has 1 aliphatic rings. The zero-order chi connectivity index (χ0) is 17.4. The maximum Gasteiger partial charge on any atom is 0.409 e. The number of allylic oxidation sites excluding steroid dienone is 4. The Labute approximate surface area is 146 Å². The molecule has 0 amide bonds. The minimum atomic E-state index is -3.71. The Balaban J connectivity index is 1.85. The van der Waals surface area contributed by atoms with Crippen LogP contribution in [0.25, 0.3) is 0 Å². The van der Waals surface area contributed by atoms with Crippen LogP contribution < -0.4 is 9.61 Å². The summed E-state index contributed by atoms with van der Waals surface area (Å²) in [6, 6.07) is 7.63. The molecule has 0 bridgehead atoms. The molecule has 0 saturated carbocycles. The first-order chi connectivity index (χ1) is 11.5. The highest BCUT2D eigenvalue weighted by Crippen LogP contribution is 2.48. The van der Waals surface area contributed by atoms with Crippen molar-refractivity contribution in [2.45, 2.75) is 19.4 Å². The fourth-order valence-electron chi connectivity index (χ4n) is 1.93. The van der Waals surface area contributed by atoms with E-state index in [1.54, 1.807) is 30.3 Å². The van der Waals surface area contributed by atoms with Crippen molar-refractivity contribution in [3.63, 3.8) is 0 Å². The summed E-state index contributed by atoms with van der Waals surface area (Å²) in [5.41, 5.74) is 0.874. The van der Waals surface area contributed by atoms with Crippen molar-refractivity contribution in [3.05, 3.63) is 66.3 Å². The van der Waals surface area contributed by atoms with Gasteiger partial charge in [0.1, 0.15) is 18.4 Å². The van der Waals surface area contributed by atoms with Gasteiger partial charge in [-0.05, 0) is 31.1 Å². The van der Waals surface area contributed by atoms with Crippen LogP contribution in [0, 0.1) is 0 Å². The summed E-state index contributed by atoms with van der Waals surface area (Å²) in [7, 11) is 0. The Morgan fingerprint density at radius 3 is 2.83 bits per heavy atom. The molecule has 0 fully saturated rings. The summed E-state index contributed by atoms with van der Waals surface area (Å²) in [5.74, 6) is -0.209. The highest BCUT2D eigenvalue weighted by atomic mass is 35.7. The van der Waals surface area contributed by atoms with Gasteiger partial charge < -0.3 is 9.26 Å². The Morgan fingerprint density at radius 2 is 2.08 bits per heavy atom. The van der Waals surface area contributed by atoms with Crippen molar-refractivity contribution < 1.29 is 18.6 Å². The lowest BCUT2D eigenvalue weighted by Gasteiger charge is -2.18. The molecule has 0 aromatic heterocycles. The van der Waals surface area contributed by atoms with Crippen LogP contribution in [0.1, 0.15) is 13.3 Å². The Morgan fingerprint density at radius 1 is 1.33 bits per heavy atom. The zero-order valence-corrected chi connectivity index (χ0v) is 14.9. The smallest absolute Gasteiger partial charge is 0.409 e. The lowest BCUT2D eigenvalue weighted by molar-refractivity contribution is -0.144. The molecular weight excluding hydrogens is 349 g/mol. The minimum Gasteiger partial charge on any atom is -0.460 e. The summed E-state index contributed by atoms with van der Waals surface area (Å²) < 4.78 is 22.7. The van der Waals surface area contributed by atoms with E-state index < -0.39 is 18.9 Å². The fourth-order valence-corrected chi connectivity index (χ4v) is 3.62. The summed E-state index contributed by atoms with van der Waals surface area (Å²) in [4.78, 5) is 12.0. The van der Waals surface area contributed by atoms with Gasteiger partial charge in [-0.15, -0.1) is 0 Å². The normalized spacial score (nSPS) is 17.3.